The van der Waals surface area contributed by atoms with E-state index in [-0.39, 0.29) is 0 Å². The number of benzene rings is 1. The van der Waals surface area contributed by atoms with Crippen LogP contribution in [0.15, 0.2) is 18.2 Å². The zero-order valence-electron chi connectivity index (χ0n) is 11.4. The van der Waals surface area contributed by atoms with E-state index in [9.17, 15) is 0 Å². The summed E-state index contributed by atoms with van der Waals surface area (Å²) in [5, 5.41) is 3.40. The van der Waals surface area contributed by atoms with Crippen LogP contribution in [-0.2, 0) is 0 Å². The zero-order valence-corrected chi connectivity index (χ0v) is 12.2. The molecule has 0 aliphatic heterocycles. The van der Waals surface area contributed by atoms with Gasteiger partial charge in [-0.25, -0.2) is 0 Å². The Morgan fingerprint density at radius 3 is 2.89 bits per heavy atom. The Labute approximate surface area is 114 Å². The summed E-state index contributed by atoms with van der Waals surface area (Å²) < 4.78 is 5.60. The summed E-state index contributed by atoms with van der Waals surface area (Å²) in [6.07, 6.45) is 5.58. The van der Waals surface area contributed by atoms with Crippen LogP contribution >= 0.6 is 11.8 Å². The Morgan fingerprint density at radius 2 is 2.17 bits per heavy atom. The van der Waals surface area contributed by atoms with Gasteiger partial charge in [-0.3, -0.25) is 0 Å². The third-order valence-corrected chi connectivity index (χ3v) is 3.28. The number of thioether (sulfide) groups is 1. The molecule has 3 N–H and O–H groups in total. The van der Waals surface area contributed by atoms with Crippen molar-refractivity contribution in [2.24, 2.45) is 0 Å². The number of unbranched alkanes of at least 4 members (excludes halogenated alkanes) is 1. The number of nitrogens with two attached hydrogens (primary N) is 1. The summed E-state index contributed by atoms with van der Waals surface area (Å²) in [6, 6.07) is 5.89. The van der Waals surface area contributed by atoms with Gasteiger partial charge in [0.05, 0.1) is 12.3 Å². The van der Waals surface area contributed by atoms with Crippen LogP contribution in [0.25, 0.3) is 0 Å². The molecule has 0 spiro atoms. The molecule has 0 amide bonds. The van der Waals surface area contributed by atoms with E-state index in [4.69, 9.17) is 10.5 Å². The number of ether oxygens (including phenoxy) is 1. The molecule has 0 bridgehead atoms. The number of nitrogens with one attached hydrogen (secondary N) is 1. The summed E-state index contributed by atoms with van der Waals surface area (Å²) in [5.74, 6) is 2.01. The second-order valence-electron chi connectivity index (χ2n) is 4.23. The molecule has 0 aromatic heterocycles. The Morgan fingerprint density at radius 1 is 1.33 bits per heavy atom. The largest absolute Gasteiger partial charge is 0.491 e. The fourth-order valence-corrected chi connectivity index (χ4v) is 2.08. The average Bonchev–Trinajstić information content (AvgIpc) is 2.39. The molecule has 0 radical (unpaired) electrons. The van der Waals surface area contributed by atoms with Crippen molar-refractivity contribution in [2.45, 2.75) is 26.2 Å². The van der Waals surface area contributed by atoms with Crippen LogP contribution < -0.4 is 15.8 Å². The Kier molecular flexibility index (Phi) is 7.49. The van der Waals surface area contributed by atoms with E-state index in [0.717, 1.165) is 24.4 Å². The number of anilines is 2. The van der Waals surface area contributed by atoms with Gasteiger partial charge in [0.25, 0.3) is 0 Å². The highest BCUT2D eigenvalue weighted by Gasteiger charge is 2.01. The number of hydrogen-bond acceptors (Lipinski definition) is 4. The predicted octanol–water partition coefficient (Wildman–Crippen LogP) is 3.61. The summed E-state index contributed by atoms with van der Waals surface area (Å²) in [5.41, 5.74) is 7.66. The van der Waals surface area contributed by atoms with Gasteiger partial charge in [0.2, 0.25) is 0 Å². The zero-order chi connectivity index (χ0) is 13.2. The van der Waals surface area contributed by atoms with Gasteiger partial charge in [0.1, 0.15) is 5.75 Å². The Balaban J connectivity index is 2.40. The second-order valence-corrected chi connectivity index (χ2v) is 5.21. The fourth-order valence-electron chi connectivity index (χ4n) is 1.59. The molecule has 1 aromatic carbocycles. The second kappa shape index (κ2) is 8.97. The first-order valence-corrected chi connectivity index (χ1v) is 7.92. The van der Waals surface area contributed by atoms with E-state index in [1.165, 1.54) is 18.6 Å². The normalized spacial score (nSPS) is 10.3. The lowest BCUT2D eigenvalue weighted by Gasteiger charge is -2.11. The van der Waals surface area contributed by atoms with Gasteiger partial charge < -0.3 is 15.8 Å². The lowest BCUT2D eigenvalue weighted by molar-refractivity contribution is 0.319. The molecule has 0 heterocycles. The van der Waals surface area contributed by atoms with Crippen molar-refractivity contribution in [3.05, 3.63) is 18.2 Å². The molecule has 0 aliphatic rings. The van der Waals surface area contributed by atoms with Gasteiger partial charge in [-0.2, -0.15) is 11.8 Å². The van der Waals surface area contributed by atoms with Crippen molar-refractivity contribution in [3.8, 4) is 5.75 Å². The molecule has 18 heavy (non-hydrogen) atoms. The molecule has 0 aliphatic carbocycles. The van der Waals surface area contributed by atoms with Crippen LogP contribution in [0.2, 0.25) is 0 Å². The molecular weight excluding hydrogens is 244 g/mol. The number of rotatable bonds is 9. The maximum absolute atomic E-state index is 5.87. The standard InChI is InChI=1S/C14H24N2OS/c1-3-9-17-14-11-12(6-7-13(14)15)16-8-4-5-10-18-2/h6-7,11,16H,3-5,8-10,15H2,1-2H3. The molecule has 4 heteroatoms. The topological polar surface area (TPSA) is 47.3 Å². The molecule has 3 nitrogen and oxygen atoms in total. The summed E-state index contributed by atoms with van der Waals surface area (Å²) in [7, 11) is 0. The third kappa shape index (κ3) is 5.54. The quantitative estimate of drug-likeness (QED) is 0.530. The predicted molar refractivity (Wildman–Crippen MR) is 82.7 cm³/mol. The van der Waals surface area contributed by atoms with Crippen LogP contribution in [0.4, 0.5) is 11.4 Å². The SMILES string of the molecule is CCCOc1cc(NCCCCSC)ccc1N. The minimum Gasteiger partial charge on any atom is -0.491 e. The van der Waals surface area contributed by atoms with Crippen molar-refractivity contribution < 1.29 is 4.74 Å². The summed E-state index contributed by atoms with van der Waals surface area (Å²) in [4.78, 5) is 0. The van der Waals surface area contributed by atoms with Crippen molar-refractivity contribution >= 4 is 23.1 Å². The van der Waals surface area contributed by atoms with Crippen LogP contribution in [0.1, 0.15) is 26.2 Å². The van der Waals surface area contributed by atoms with E-state index in [2.05, 4.69) is 18.5 Å². The molecule has 0 unspecified atom stereocenters. The molecule has 1 rings (SSSR count). The highest BCUT2D eigenvalue weighted by atomic mass is 32.2. The fraction of sp³-hybridized carbons (Fsp3) is 0.571. The lowest BCUT2D eigenvalue weighted by Crippen LogP contribution is -2.04. The summed E-state index contributed by atoms with van der Waals surface area (Å²) >= 11 is 1.90. The van der Waals surface area contributed by atoms with Crippen molar-refractivity contribution in [1.29, 1.82) is 0 Å². The number of hydrogen-bond donors (Lipinski definition) is 2. The minimum atomic E-state index is 0.705. The van der Waals surface area contributed by atoms with Crippen molar-refractivity contribution in [2.75, 3.05) is 36.2 Å². The number of nitrogen functional groups attached to an aromatic ring is 1. The average molecular weight is 268 g/mol. The van der Waals surface area contributed by atoms with Gasteiger partial charge in [-0.1, -0.05) is 6.92 Å². The van der Waals surface area contributed by atoms with Gasteiger partial charge in [-0.05, 0) is 43.4 Å². The van der Waals surface area contributed by atoms with E-state index in [1.54, 1.807) is 0 Å². The highest BCUT2D eigenvalue weighted by Crippen LogP contribution is 2.25. The van der Waals surface area contributed by atoms with Crippen LogP contribution in [-0.4, -0.2) is 25.2 Å². The van der Waals surface area contributed by atoms with Crippen molar-refractivity contribution in [1.82, 2.24) is 0 Å². The molecule has 0 atom stereocenters. The molecule has 1 aromatic rings. The summed E-state index contributed by atoms with van der Waals surface area (Å²) in [6.45, 7) is 3.79. The molecule has 0 fully saturated rings. The van der Waals surface area contributed by atoms with Crippen LogP contribution in [0, 0.1) is 0 Å². The van der Waals surface area contributed by atoms with Crippen LogP contribution in [0.3, 0.4) is 0 Å². The van der Waals surface area contributed by atoms with Crippen LogP contribution in [0.5, 0.6) is 5.75 Å². The maximum Gasteiger partial charge on any atom is 0.144 e. The van der Waals surface area contributed by atoms with Gasteiger partial charge in [0.15, 0.2) is 0 Å². The highest BCUT2D eigenvalue weighted by molar-refractivity contribution is 7.98. The first-order chi connectivity index (χ1) is 8.77. The minimum absolute atomic E-state index is 0.705. The van der Waals surface area contributed by atoms with E-state index in [0.29, 0.717) is 12.3 Å². The van der Waals surface area contributed by atoms with E-state index in [1.807, 2.05) is 30.0 Å². The van der Waals surface area contributed by atoms with Gasteiger partial charge in [-0.15, -0.1) is 0 Å². The molecule has 102 valence electrons. The molecule has 0 saturated heterocycles. The first kappa shape index (κ1) is 15.0. The molecule has 0 saturated carbocycles. The monoisotopic (exact) mass is 268 g/mol. The third-order valence-electron chi connectivity index (χ3n) is 2.58. The molecular formula is C14H24N2OS. The van der Waals surface area contributed by atoms with E-state index >= 15 is 0 Å². The van der Waals surface area contributed by atoms with Gasteiger partial charge >= 0.3 is 0 Å². The Bertz CT molecular complexity index is 345. The van der Waals surface area contributed by atoms with E-state index < -0.39 is 0 Å². The first-order valence-electron chi connectivity index (χ1n) is 6.53. The lowest BCUT2D eigenvalue weighted by atomic mass is 10.2. The smallest absolute Gasteiger partial charge is 0.144 e. The Hall–Kier alpha value is -1.03. The maximum atomic E-state index is 5.87. The van der Waals surface area contributed by atoms with Gasteiger partial charge in [0, 0.05) is 18.3 Å². The van der Waals surface area contributed by atoms with Crippen molar-refractivity contribution in [3.63, 3.8) is 0 Å².